The molecule has 1 aromatic rings. The molecule has 1 aliphatic heterocycles. The summed E-state index contributed by atoms with van der Waals surface area (Å²) in [6.45, 7) is 5.83. The molecule has 5 nitrogen and oxygen atoms in total. The minimum atomic E-state index is 0.0493. The van der Waals surface area contributed by atoms with Gasteiger partial charge in [0.05, 0.1) is 19.3 Å². The minimum Gasteiger partial charge on any atom is -0.374 e. The molecule has 1 atom stereocenters. The van der Waals surface area contributed by atoms with Gasteiger partial charge in [0.1, 0.15) is 0 Å². The van der Waals surface area contributed by atoms with E-state index < -0.39 is 0 Å². The molecular weight excluding hydrogens is 266 g/mol. The van der Waals surface area contributed by atoms with Crippen LogP contribution in [0, 0.1) is 6.92 Å². The van der Waals surface area contributed by atoms with E-state index in [1.165, 1.54) is 11.1 Å². The van der Waals surface area contributed by atoms with E-state index in [4.69, 9.17) is 10.5 Å². The van der Waals surface area contributed by atoms with Crippen molar-refractivity contribution in [2.45, 2.75) is 19.6 Å². The Kier molecular flexibility index (Phi) is 5.73. The molecule has 0 radical (unpaired) electrons. The first-order valence-corrected chi connectivity index (χ1v) is 7.42. The van der Waals surface area contributed by atoms with Gasteiger partial charge in [0, 0.05) is 33.2 Å². The number of likely N-dealkylation sites (N-methyl/N-ethyl adjacent to an activating group) is 1. The average Bonchev–Trinajstić information content (AvgIpc) is 2.49. The molecule has 2 N–H and O–H groups in total. The summed E-state index contributed by atoms with van der Waals surface area (Å²) in [4.78, 5) is 16.2. The van der Waals surface area contributed by atoms with E-state index in [0.29, 0.717) is 26.2 Å². The number of hydrogen-bond donors (Lipinski definition) is 1. The lowest BCUT2D eigenvalue weighted by molar-refractivity contribution is -0.133. The average molecular weight is 291 g/mol. The van der Waals surface area contributed by atoms with Gasteiger partial charge in [-0.3, -0.25) is 9.69 Å². The summed E-state index contributed by atoms with van der Waals surface area (Å²) in [6, 6.07) is 8.16. The van der Waals surface area contributed by atoms with Crippen molar-refractivity contribution in [3.05, 3.63) is 35.4 Å². The zero-order valence-electron chi connectivity index (χ0n) is 12.9. The molecule has 1 aromatic carbocycles. The third kappa shape index (κ3) is 4.52. The Balaban J connectivity index is 1.86. The smallest absolute Gasteiger partial charge is 0.236 e. The number of aryl methyl sites for hydroxylation is 1. The Morgan fingerprint density at radius 3 is 2.95 bits per heavy atom. The predicted molar refractivity (Wildman–Crippen MR) is 82.9 cm³/mol. The number of hydrogen-bond acceptors (Lipinski definition) is 4. The van der Waals surface area contributed by atoms with Gasteiger partial charge < -0.3 is 15.4 Å². The Morgan fingerprint density at radius 2 is 2.24 bits per heavy atom. The zero-order valence-corrected chi connectivity index (χ0v) is 12.9. The van der Waals surface area contributed by atoms with Crippen molar-refractivity contribution in [1.82, 2.24) is 9.80 Å². The summed E-state index contributed by atoms with van der Waals surface area (Å²) in [7, 11) is 1.86. The molecule has 1 heterocycles. The summed E-state index contributed by atoms with van der Waals surface area (Å²) in [5.74, 6) is 0.135. The van der Waals surface area contributed by atoms with Gasteiger partial charge in [0.15, 0.2) is 0 Å². The fourth-order valence-corrected chi connectivity index (χ4v) is 2.51. The van der Waals surface area contributed by atoms with Gasteiger partial charge in [-0.25, -0.2) is 0 Å². The van der Waals surface area contributed by atoms with Crippen LogP contribution in [0.1, 0.15) is 11.1 Å². The third-order valence-corrected chi connectivity index (χ3v) is 3.94. The van der Waals surface area contributed by atoms with Crippen LogP contribution in [0.25, 0.3) is 0 Å². The summed E-state index contributed by atoms with van der Waals surface area (Å²) < 4.78 is 5.52. The second kappa shape index (κ2) is 7.54. The monoisotopic (exact) mass is 291 g/mol. The molecule has 1 fully saturated rings. The van der Waals surface area contributed by atoms with Crippen LogP contribution in [0.2, 0.25) is 0 Å². The number of nitrogens with zero attached hydrogens (tertiary/aromatic N) is 2. The lowest BCUT2D eigenvalue weighted by Crippen LogP contribution is -2.49. The maximum atomic E-state index is 12.3. The number of rotatable bonds is 5. The van der Waals surface area contributed by atoms with Gasteiger partial charge in [0.2, 0.25) is 5.91 Å². The molecule has 116 valence electrons. The molecule has 1 amide bonds. The first-order chi connectivity index (χ1) is 10.1. The van der Waals surface area contributed by atoms with Crippen molar-refractivity contribution in [3.8, 4) is 0 Å². The number of nitrogens with two attached hydrogens (primary N) is 1. The van der Waals surface area contributed by atoms with E-state index in [0.717, 1.165) is 13.1 Å². The highest BCUT2D eigenvalue weighted by Crippen LogP contribution is 2.10. The number of carbonyl (C=O) groups is 1. The summed E-state index contributed by atoms with van der Waals surface area (Å²) in [6.07, 6.45) is 0.0493. The van der Waals surface area contributed by atoms with Crippen LogP contribution in [0.15, 0.2) is 24.3 Å². The zero-order chi connectivity index (χ0) is 15.2. The summed E-state index contributed by atoms with van der Waals surface area (Å²) in [5.41, 5.74) is 8.03. The Hall–Kier alpha value is -1.43. The van der Waals surface area contributed by atoms with Gasteiger partial charge in [-0.2, -0.15) is 0 Å². The van der Waals surface area contributed by atoms with Gasteiger partial charge in [0.25, 0.3) is 0 Å². The number of benzene rings is 1. The van der Waals surface area contributed by atoms with Crippen LogP contribution in [-0.4, -0.2) is 61.6 Å². The van der Waals surface area contributed by atoms with Crippen molar-refractivity contribution in [2.24, 2.45) is 5.73 Å². The largest absolute Gasteiger partial charge is 0.374 e. The molecule has 0 aliphatic carbocycles. The SMILES string of the molecule is Cc1ccccc1CN(C)C(=O)CN1CCOC(CN)C1. The molecule has 5 heteroatoms. The highest BCUT2D eigenvalue weighted by atomic mass is 16.5. The Morgan fingerprint density at radius 1 is 1.48 bits per heavy atom. The van der Waals surface area contributed by atoms with Crippen molar-refractivity contribution in [2.75, 3.05) is 39.8 Å². The molecule has 0 bridgehead atoms. The second-order valence-corrected chi connectivity index (χ2v) is 5.64. The van der Waals surface area contributed by atoms with Crippen LogP contribution in [-0.2, 0) is 16.1 Å². The fraction of sp³-hybridized carbons (Fsp3) is 0.562. The van der Waals surface area contributed by atoms with E-state index in [2.05, 4.69) is 24.0 Å². The lowest BCUT2D eigenvalue weighted by atomic mass is 10.1. The van der Waals surface area contributed by atoms with Crippen LogP contribution in [0.4, 0.5) is 0 Å². The van der Waals surface area contributed by atoms with Crippen molar-refractivity contribution in [3.63, 3.8) is 0 Å². The number of amides is 1. The molecule has 0 spiro atoms. The van der Waals surface area contributed by atoms with Gasteiger partial charge in [-0.05, 0) is 18.1 Å². The standard InChI is InChI=1S/C16H25N3O2/c1-13-5-3-4-6-14(13)10-18(2)16(20)12-19-7-8-21-15(9-17)11-19/h3-6,15H,7-12,17H2,1-2H3. The molecular formula is C16H25N3O2. The molecule has 21 heavy (non-hydrogen) atoms. The maximum Gasteiger partial charge on any atom is 0.236 e. The molecule has 2 rings (SSSR count). The lowest BCUT2D eigenvalue weighted by Gasteiger charge is -2.32. The number of carbonyl (C=O) groups excluding carboxylic acids is 1. The van der Waals surface area contributed by atoms with E-state index in [1.807, 2.05) is 19.2 Å². The van der Waals surface area contributed by atoms with E-state index in [-0.39, 0.29) is 12.0 Å². The van der Waals surface area contributed by atoms with Gasteiger partial charge in [-0.15, -0.1) is 0 Å². The first-order valence-electron chi connectivity index (χ1n) is 7.42. The summed E-state index contributed by atoms with van der Waals surface area (Å²) >= 11 is 0. The van der Waals surface area contributed by atoms with E-state index in [1.54, 1.807) is 4.90 Å². The highest BCUT2D eigenvalue weighted by Gasteiger charge is 2.22. The maximum absolute atomic E-state index is 12.3. The number of ether oxygens (including phenoxy) is 1. The van der Waals surface area contributed by atoms with Crippen molar-refractivity contribution < 1.29 is 9.53 Å². The predicted octanol–water partition coefficient (Wildman–Crippen LogP) is 0.613. The molecule has 1 saturated heterocycles. The normalized spacial score (nSPS) is 19.5. The van der Waals surface area contributed by atoms with Gasteiger partial charge in [-0.1, -0.05) is 24.3 Å². The van der Waals surface area contributed by atoms with Crippen LogP contribution >= 0.6 is 0 Å². The van der Waals surface area contributed by atoms with Crippen LogP contribution in [0.5, 0.6) is 0 Å². The second-order valence-electron chi connectivity index (χ2n) is 5.64. The summed E-state index contributed by atoms with van der Waals surface area (Å²) in [5, 5.41) is 0. The van der Waals surface area contributed by atoms with Gasteiger partial charge >= 0.3 is 0 Å². The third-order valence-electron chi connectivity index (χ3n) is 3.94. The van der Waals surface area contributed by atoms with Crippen LogP contribution < -0.4 is 5.73 Å². The molecule has 1 unspecified atom stereocenters. The Labute approximate surface area is 126 Å². The number of morpholine rings is 1. The first kappa shape index (κ1) is 15.9. The van der Waals surface area contributed by atoms with E-state index in [9.17, 15) is 4.79 Å². The Bertz CT molecular complexity index is 478. The van der Waals surface area contributed by atoms with Crippen molar-refractivity contribution >= 4 is 5.91 Å². The molecule has 1 aliphatic rings. The van der Waals surface area contributed by atoms with E-state index >= 15 is 0 Å². The molecule has 0 aromatic heterocycles. The minimum absolute atomic E-state index is 0.0493. The van der Waals surface area contributed by atoms with Crippen molar-refractivity contribution in [1.29, 1.82) is 0 Å². The topological polar surface area (TPSA) is 58.8 Å². The highest BCUT2D eigenvalue weighted by molar-refractivity contribution is 5.78. The quantitative estimate of drug-likeness (QED) is 0.864. The van der Waals surface area contributed by atoms with Crippen LogP contribution in [0.3, 0.4) is 0 Å². The molecule has 0 saturated carbocycles. The fourth-order valence-electron chi connectivity index (χ4n) is 2.51.